The van der Waals surface area contributed by atoms with Gasteiger partial charge in [0.25, 0.3) is 5.91 Å². The summed E-state index contributed by atoms with van der Waals surface area (Å²) < 4.78 is 10.4. The second-order valence-electron chi connectivity index (χ2n) is 9.38. The molecule has 0 spiro atoms. The van der Waals surface area contributed by atoms with Crippen LogP contribution in [-0.4, -0.2) is 64.7 Å². The van der Waals surface area contributed by atoms with E-state index in [1.807, 2.05) is 0 Å². The van der Waals surface area contributed by atoms with Crippen LogP contribution in [0, 0.1) is 11.3 Å². The van der Waals surface area contributed by atoms with E-state index in [-0.39, 0.29) is 52.2 Å². The van der Waals surface area contributed by atoms with Crippen molar-refractivity contribution in [3.63, 3.8) is 0 Å². The summed E-state index contributed by atoms with van der Waals surface area (Å²) in [6, 6.07) is 13.1. The molecule has 3 aromatic rings. The number of rotatable bonds is 11. The summed E-state index contributed by atoms with van der Waals surface area (Å²) in [5, 5.41) is 29.7. The van der Waals surface area contributed by atoms with Crippen LogP contribution in [0.5, 0.6) is 5.88 Å². The van der Waals surface area contributed by atoms with Gasteiger partial charge in [-0.3, -0.25) is 10.2 Å². The fourth-order valence-electron chi connectivity index (χ4n) is 3.63. The number of aromatic carboxylic acids is 1. The van der Waals surface area contributed by atoms with Gasteiger partial charge in [0.05, 0.1) is 30.4 Å². The lowest BCUT2D eigenvalue weighted by atomic mass is 9.89. The minimum absolute atomic E-state index is 0.0526. The van der Waals surface area contributed by atoms with E-state index < -0.39 is 30.0 Å². The number of pyridine rings is 1. The molecule has 1 amide bonds. The number of carboxylic acids is 1. The Morgan fingerprint density at radius 1 is 1.05 bits per heavy atom. The molecule has 0 aliphatic heterocycles. The second kappa shape index (κ2) is 12.4. The third kappa shape index (κ3) is 6.60. The highest BCUT2D eigenvalue weighted by atomic mass is 16.5. The number of hydrogen-bond acceptors (Lipinski definition) is 9. The van der Waals surface area contributed by atoms with Crippen LogP contribution in [0.2, 0.25) is 0 Å². The first kappa shape index (κ1) is 29.7. The number of hydrogen-bond donors (Lipinski definition) is 6. The highest BCUT2D eigenvalue weighted by molar-refractivity contribution is 6.09. The van der Waals surface area contributed by atoms with E-state index in [1.165, 1.54) is 31.4 Å². The number of aliphatic hydroxyl groups excluding tert-OH is 1. The normalized spacial score (nSPS) is 12.3. The van der Waals surface area contributed by atoms with E-state index in [2.05, 4.69) is 10.3 Å². The van der Waals surface area contributed by atoms with Crippen LogP contribution in [-0.2, 0) is 4.74 Å². The average molecular weight is 550 g/mol. The lowest BCUT2D eigenvalue weighted by molar-refractivity contribution is 0.0245. The first-order chi connectivity index (χ1) is 18.9. The van der Waals surface area contributed by atoms with Crippen molar-refractivity contribution in [1.82, 2.24) is 4.98 Å². The molecule has 1 unspecified atom stereocenters. The Kier molecular flexibility index (Phi) is 9.19. The maximum Gasteiger partial charge on any atom is 0.338 e. The zero-order chi connectivity index (χ0) is 29.6. The number of carbonyl (C=O) groups excluding carboxylic acids is 2. The van der Waals surface area contributed by atoms with Gasteiger partial charge in [-0.2, -0.15) is 0 Å². The SMILES string of the molecule is COc1ccc(-c2ccc(C(=O)OCC(N)(CO)C(C)C)cc2C(=O)O)c(C(=O)Nc2ccc(C(=N)N)cc2)n1. The number of methoxy groups -OCH3 is 1. The Morgan fingerprint density at radius 3 is 2.23 bits per heavy atom. The van der Waals surface area contributed by atoms with Crippen molar-refractivity contribution in [2.75, 3.05) is 25.6 Å². The van der Waals surface area contributed by atoms with Crippen molar-refractivity contribution in [3.05, 3.63) is 77.0 Å². The summed E-state index contributed by atoms with van der Waals surface area (Å²) in [5.74, 6) is -3.02. The topological polar surface area (TPSA) is 211 Å². The molecular weight excluding hydrogens is 518 g/mol. The van der Waals surface area contributed by atoms with Gasteiger partial charge in [0, 0.05) is 22.9 Å². The molecule has 1 aromatic heterocycles. The van der Waals surface area contributed by atoms with Gasteiger partial charge in [-0.1, -0.05) is 19.9 Å². The molecule has 8 N–H and O–H groups in total. The monoisotopic (exact) mass is 549 g/mol. The molecule has 210 valence electrons. The number of aromatic nitrogens is 1. The maximum absolute atomic E-state index is 13.3. The van der Waals surface area contributed by atoms with Crippen LogP contribution in [0.3, 0.4) is 0 Å². The van der Waals surface area contributed by atoms with Gasteiger partial charge in [0.2, 0.25) is 5.88 Å². The highest BCUT2D eigenvalue weighted by Gasteiger charge is 2.31. The van der Waals surface area contributed by atoms with E-state index in [9.17, 15) is 24.6 Å². The van der Waals surface area contributed by atoms with Crippen molar-refractivity contribution >= 4 is 29.4 Å². The van der Waals surface area contributed by atoms with Gasteiger partial charge >= 0.3 is 11.9 Å². The molecule has 40 heavy (non-hydrogen) atoms. The number of nitrogen functional groups attached to an aromatic ring is 1. The smallest absolute Gasteiger partial charge is 0.338 e. The molecule has 0 saturated carbocycles. The highest BCUT2D eigenvalue weighted by Crippen LogP contribution is 2.30. The molecule has 0 saturated heterocycles. The summed E-state index contributed by atoms with van der Waals surface area (Å²) in [6.45, 7) is 2.87. The van der Waals surface area contributed by atoms with E-state index in [1.54, 1.807) is 38.1 Å². The summed E-state index contributed by atoms with van der Waals surface area (Å²) >= 11 is 0. The van der Waals surface area contributed by atoms with Crippen LogP contribution in [0.15, 0.2) is 54.6 Å². The van der Waals surface area contributed by atoms with Crippen LogP contribution < -0.4 is 21.5 Å². The van der Waals surface area contributed by atoms with E-state index in [0.29, 0.717) is 11.3 Å². The van der Waals surface area contributed by atoms with Gasteiger partial charge in [-0.25, -0.2) is 14.6 Å². The molecule has 0 aliphatic carbocycles. The van der Waals surface area contributed by atoms with Gasteiger partial charge < -0.3 is 36.5 Å². The van der Waals surface area contributed by atoms with Crippen LogP contribution in [0.25, 0.3) is 11.1 Å². The molecule has 3 rings (SSSR count). The van der Waals surface area contributed by atoms with Gasteiger partial charge in [-0.05, 0) is 53.9 Å². The van der Waals surface area contributed by atoms with Crippen LogP contribution >= 0.6 is 0 Å². The zero-order valence-electron chi connectivity index (χ0n) is 22.2. The Balaban J connectivity index is 1.98. The molecule has 0 bridgehead atoms. The number of nitrogens with zero attached hydrogens (tertiary/aromatic N) is 1. The molecule has 12 heteroatoms. The summed E-state index contributed by atoms with van der Waals surface area (Å²) in [6.07, 6.45) is 0. The first-order valence-corrected chi connectivity index (χ1v) is 12.2. The molecular formula is C28H31N5O7. The molecule has 12 nitrogen and oxygen atoms in total. The standard InChI is InChI=1S/C28H31N5O7/c1-15(2)28(31,13-34)14-40-27(38)17-6-9-19(21(12-17)26(36)37)20-10-11-22(39-3)33-23(20)25(35)32-18-7-4-16(5-8-18)24(29)30/h4-12,15,34H,13-14,31H2,1-3H3,(H3,29,30)(H,32,35)(H,36,37). The minimum atomic E-state index is -1.35. The van der Waals surface area contributed by atoms with E-state index in [0.717, 1.165) is 6.07 Å². The predicted octanol–water partition coefficient (Wildman–Crippen LogP) is 2.49. The first-order valence-electron chi connectivity index (χ1n) is 12.2. The lowest BCUT2D eigenvalue weighted by Gasteiger charge is -2.30. The molecule has 0 fully saturated rings. The second-order valence-corrected chi connectivity index (χ2v) is 9.38. The van der Waals surface area contributed by atoms with Crippen molar-refractivity contribution in [1.29, 1.82) is 5.41 Å². The molecule has 0 radical (unpaired) electrons. The minimum Gasteiger partial charge on any atom is -0.481 e. The summed E-state index contributed by atoms with van der Waals surface area (Å²) in [7, 11) is 1.37. The van der Waals surface area contributed by atoms with Crippen LogP contribution in [0.1, 0.15) is 50.6 Å². The number of benzene rings is 2. The number of aliphatic hydroxyl groups is 1. The third-order valence-corrected chi connectivity index (χ3v) is 6.44. The van der Waals surface area contributed by atoms with E-state index in [4.69, 9.17) is 26.4 Å². The Morgan fingerprint density at radius 2 is 1.68 bits per heavy atom. The van der Waals surface area contributed by atoms with Crippen molar-refractivity contribution in [2.24, 2.45) is 17.4 Å². The van der Waals surface area contributed by atoms with Crippen LogP contribution in [0.4, 0.5) is 5.69 Å². The number of nitrogens with two attached hydrogens (primary N) is 2. The van der Waals surface area contributed by atoms with E-state index >= 15 is 0 Å². The molecule has 2 aromatic carbocycles. The average Bonchev–Trinajstić information content (AvgIpc) is 2.95. The number of anilines is 1. The quantitative estimate of drug-likeness (QED) is 0.117. The fraction of sp³-hybridized carbons (Fsp3) is 0.250. The maximum atomic E-state index is 13.3. The fourth-order valence-corrected chi connectivity index (χ4v) is 3.63. The van der Waals surface area contributed by atoms with Crippen molar-refractivity contribution in [2.45, 2.75) is 19.4 Å². The predicted molar refractivity (Wildman–Crippen MR) is 148 cm³/mol. The number of esters is 1. The molecule has 1 heterocycles. The molecule has 0 aliphatic rings. The number of amidine groups is 1. The Bertz CT molecular complexity index is 1440. The van der Waals surface area contributed by atoms with Gasteiger partial charge in [0.15, 0.2) is 0 Å². The number of ether oxygens (including phenoxy) is 2. The lowest BCUT2D eigenvalue weighted by Crippen LogP contribution is -2.53. The summed E-state index contributed by atoms with van der Waals surface area (Å²) in [5.41, 5.74) is 11.1. The van der Waals surface area contributed by atoms with Crippen molar-refractivity contribution < 1.29 is 34.1 Å². The number of amides is 1. The number of carbonyl (C=O) groups is 3. The van der Waals surface area contributed by atoms with Gasteiger partial charge in [-0.15, -0.1) is 0 Å². The third-order valence-electron chi connectivity index (χ3n) is 6.44. The largest absolute Gasteiger partial charge is 0.481 e. The summed E-state index contributed by atoms with van der Waals surface area (Å²) in [4.78, 5) is 42.4. The number of nitrogens with one attached hydrogen (secondary N) is 2. The Hall–Kier alpha value is -4.81. The zero-order valence-corrected chi connectivity index (χ0v) is 22.2. The van der Waals surface area contributed by atoms with Gasteiger partial charge in [0.1, 0.15) is 18.1 Å². The molecule has 1 atom stereocenters. The number of carboxylic acid groups (broad SMARTS) is 1. The van der Waals surface area contributed by atoms with Crippen molar-refractivity contribution in [3.8, 4) is 17.0 Å². The Labute approximate surface area is 230 Å².